The number of hydrogen-bond acceptors (Lipinski definition) is 6. The van der Waals surface area contributed by atoms with Gasteiger partial charge in [-0.3, -0.25) is 14.9 Å². The normalized spacial score (nSPS) is 11.9. The van der Waals surface area contributed by atoms with E-state index in [1.165, 1.54) is 0 Å². The lowest BCUT2D eigenvalue weighted by molar-refractivity contribution is -0.117. The van der Waals surface area contributed by atoms with E-state index in [1.807, 2.05) is 45.0 Å². The molecule has 6 rings (SSSR count). The van der Waals surface area contributed by atoms with Crippen LogP contribution in [-0.2, 0) is 4.79 Å². The Hall–Kier alpha value is -4.79. The summed E-state index contributed by atoms with van der Waals surface area (Å²) < 4.78 is 5.28. The highest BCUT2D eigenvalue weighted by Crippen LogP contribution is 2.34. The maximum absolute atomic E-state index is 12.4. The van der Waals surface area contributed by atoms with Gasteiger partial charge in [-0.2, -0.15) is 5.10 Å². The van der Waals surface area contributed by atoms with Gasteiger partial charge in [0.15, 0.2) is 5.65 Å². The molecule has 0 unspecified atom stereocenters. The van der Waals surface area contributed by atoms with Crippen LogP contribution >= 0.6 is 0 Å². The predicted molar refractivity (Wildman–Crippen MR) is 143 cm³/mol. The number of amides is 1. The molecule has 1 amide bonds. The van der Waals surface area contributed by atoms with Crippen LogP contribution in [0.2, 0.25) is 0 Å². The molecule has 0 bridgehead atoms. The Labute approximate surface area is 212 Å². The van der Waals surface area contributed by atoms with E-state index < -0.39 is 0 Å². The van der Waals surface area contributed by atoms with Crippen LogP contribution in [0.25, 0.3) is 55.7 Å². The molecule has 0 aliphatic heterocycles. The van der Waals surface area contributed by atoms with Crippen LogP contribution in [0.15, 0.2) is 72.1 Å². The largest absolute Gasteiger partial charge is 0.472 e. The van der Waals surface area contributed by atoms with Crippen LogP contribution < -0.4 is 5.32 Å². The first-order valence-electron chi connectivity index (χ1n) is 11.9. The summed E-state index contributed by atoms with van der Waals surface area (Å²) in [5, 5.41) is 12.3. The van der Waals surface area contributed by atoms with E-state index in [0.717, 1.165) is 50.1 Å². The van der Waals surface area contributed by atoms with Crippen molar-refractivity contribution in [3.63, 3.8) is 0 Å². The zero-order valence-corrected chi connectivity index (χ0v) is 20.7. The zero-order chi connectivity index (χ0) is 25.6. The molecule has 6 heterocycles. The number of anilines is 1. The molecule has 0 radical (unpaired) electrons. The van der Waals surface area contributed by atoms with Gasteiger partial charge in [-0.25, -0.2) is 9.97 Å². The second kappa shape index (κ2) is 8.70. The Kier molecular flexibility index (Phi) is 5.33. The van der Waals surface area contributed by atoms with Crippen molar-refractivity contribution in [3.8, 4) is 33.6 Å². The summed E-state index contributed by atoms with van der Waals surface area (Å²) in [7, 11) is 0. The summed E-state index contributed by atoms with van der Waals surface area (Å²) in [6, 6.07) is 9.87. The summed E-state index contributed by atoms with van der Waals surface area (Å²) in [5.41, 5.74) is 7.29. The van der Waals surface area contributed by atoms with Gasteiger partial charge in [0.2, 0.25) is 5.91 Å². The molecule has 6 aromatic rings. The lowest BCUT2D eigenvalue weighted by Gasteiger charge is -2.17. The number of furan rings is 1. The van der Waals surface area contributed by atoms with Crippen LogP contribution in [0.3, 0.4) is 0 Å². The van der Waals surface area contributed by atoms with Crippen LogP contribution in [0.5, 0.6) is 0 Å². The first kappa shape index (κ1) is 22.7. The first-order valence-corrected chi connectivity index (χ1v) is 11.9. The number of hydrogen-bond donors (Lipinski definition) is 3. The van der Waals surface area contributed by atoms with E-state index in [4.69, 9.17) is 4.42 Å². The predicted octanol–water partition coefficient (Wildman–Crippen LogP) is 6.20. The third-order valence-electron chi connectivity index (χ3n) is 6.09. The van der Waals surface area contributed by atoms with Crippen molar-refractivity contribution in [3.05, 3.63) is 67.6 Å². The summed E-state index contributed by atoms with van der Waals surface area (Å²) in [4.78, 5) is 29.2. The molecule has 0 aromatic carbocycles. The molecule has 0 aliphatic rings. The molecule has 0 fully saturated rings. The fourth-order valence-corrected chi connectivity index (χ4v) is 4.45. The molecule has 0 spiro atoms. The lowest BCUT2D eigenvalue weighted by Crippen LogP contribution is -2.19. The molecule has 0 saturated carbocycles. The molecule has 0 aliphatic carbocycles. The number of carbonyl (C=O) groups is 1. The first-order chi connectivity index (χ1) is 17.8. The van der Waals surface area contributed by atoms with Crippen molar-refractivity contribution in [1.82, 2.24) is 30.1 Å². The average Bonchev–Trinajstić information content (AvgIpc) is 3.61. The van der Waals surface area contributed by atoms with E-state index in [-0.39, 0.29) is 11.3 Å². The molecule has 0 atom stereocenters. The van der Waals surface area contributed by atoms with Crippen LogP contribution in [0.1, 0.15) is 27.2 Å². The molecular formula is C28H25N7O2. The van der Waals surface area contributed by atoms with Gasteiger partial charge in [0, 0.05) is 52.5 Å². The van der Waals surface area contributed by atoms with Gasteiger partial charge in [-0.05, 0) is 41.3 Å². The summed E-state index contributed by atoms with van der Waals surface area (Å²) >= 11 is 0. The highest BCUT2D eigenvalue weighted by Gasteiger charge is 2.17. The van der Waals surface area contributed by atoms with Crippen LogP contribution in [0.4, 0.5) is 5.69 Å². The number of carbonyl (C=O) groups excluding carboxylic acids is 1. The zero-order valence-electron chi connectivity index (χ0n) is 20.7. The van der Waals surface area contributed by atoms with Crippen molar-refractivity contribution in [2.75, 3.05) is 5.32 Å². The average molecular weight is 492 g/mol. The molecule has 3 N–H and O–H groups in total. The molecule has 37 heavy (non-hydrogen) atoms. The van der Waals surface area contributed by atoms with Gasteiger partial charge < -0.3 is 14.7 Å². The Morgan fingerprint density at radius 1 is 1.00 bits per heavy atom. The Morgan fingerprint density at radius 3 is 2.68 bits per heavy atom. The number of H-pyrrole nitrogens is 2. The van der Waals surface area contributed by atoms with Crippen molar-refractivity contribution in [2.45, 2.75) is 27.2 Å². The topological polar surface area (TPSA) is 125 Å². The number of aromatic amines is 2. The SMILES string of the molecule is CC(C)(C)CC(=O)Nc1cncc(-c2cnc3n[nH]c(-c4cc5c(-c6ccoc6)ccnc5[nH]4)c3c2)c1. The van der Waals surface area contributed by atoms with Crippen molar-refractivity contribution in [2.24, 2.45) is 5.41 Å². The van der Waals surface area contributed by atoms with E-state index in [1.54, 1.807) is 37.3 Å². The molecular weight excluding hydrogens is 466 g/mol. The van der Waals surface area contributed by atoms with Gasteiger partial charge in [0.25, 0.3) is 0 Å². The smallest absolute Gasteiger partial charge is 0.224 e. The monoisotopic (exact) mass is 491 g/mol. The fourth-order valence-electron chi connectivity index (χ4n) is 4.45. The number of pyridine rings is 3. The standard InChI is InChI=1S/C28H25N7O2/c1-28(2,3)11-24(36)32-19-8-17(12-29-14-19)18-9-22-25(34-35-27(22)31-13-18)23-10-21-20(16-5-7-37-15-16)4-6-30-26(21)33-23/h4-10,12-15H,11H2,1-3H3,(H,30,33)(H,32,36)(H,31,34,35). The number of fused-ring (bicyclic) bond motifs is 2. The fraction of sp³-hybridized carbons (Fsp3) is 0.179. The third-order valence-corrected chi connectivity index (χ3v) is 6.09. The Morgan fingerprint density at radius 2 is 1.86 bits per heavy atom. The van der Waals surface area contributed by atoms with Gasteiger partial charge in [-0.1, -0.05) is 20.8 Å². The van der Waals surface area contributed by atoms with E-state index >= 15 is 0 Å². The molecule has 9 heteroatoms. The Balaban J connectivity index is 1.36. The lowest BCUT2D eigenvalue weighted by atomic mass is 9.92. The summed E-state index contributed by atoms with van der Waals surface area (Å²) in [6.07, 6.45) is 10.7. The van der Waals surface area contributed by atoms with E-state index in [2.05, 4.69) is 41.5 Å². The van der Waals surface area contributed by atoms with Gasteiger partial charge in [-0.15, -0.1) is 0 Å². The third kappa shape index (κ3) is 4.47. The molecule has 6 aromatic heterocycles. The maximum atomic E-state index is 12.4. The second-order valence-electron chi connectivity index (χ2n) is 10.3. The summed E-state index contributed by atoms with van der Waals surface area (Å²) in [5.74, 6) is -0.0423. The molecule has 9 nitrogen and oxygen atoms in total. The molecule has 184 valence electrons. The van der Waals surface area contributed by atoms with Crippen molar-refractivity contribution in [1.29, 1.82) is 0 Å². The summed E-state index contributed by atoms with van der Waals surface area (Å²) in [6.45, 7) is 6.10. The minimum absolute atomic E-state index is 0.0423. The minimum atomic E-state index is -0.0980. The highest BCUT2D eigenvalue weighted by atomic mass is 16.3. The van der Waals surface area contributed by atoms with E-state index in [0.29, 0.717) is 17.8 Å². The number of nitrogens with zero attached hydrogens (tertiary/aromatic N) is 4. The van der Waals surface area contributed by atoms with Gasteiger partial charge in [0.1, 0.15) is 5.65 Å². The molecule has 0 saturated heterocycles. The van der Waals surface area contributed by atoms with Crippen molar-refractivity contribution < 1.29 is 9.21 Å². The van der Waals surface area contributed by atoms with Crippen LogP contribution in [-0.4, -0.2) is 36.0 Å². The van der Waals surface area contributed by atoms with Crippen LogP contribution in [0, 0.1) is 5.41 Å². The number of nitrogens with one attached hydrogen (secondary N) is 3. The Bertz CT molecular complexity index is 1740. The van der Waals surface area contributed by atoms with Crippen molar-refractivity contribution >= 4 is 33.7 Å². The van der Waals surface area contributed by atoms with E-state index in [9.17, 15) is 4.79 Å². The van der Waals surface area contributed by atoms with Gasteiger partial charge in [0.05, 0.1) is 35.8 Å². The minimum Gasteiger partial charge on any atom is -0.472 e. The number of rotatable bonds is 5. The quantitative estimate of drug-likeness (QED) is 0.264. The second-order valence-corrected chi connectivity index (χ2v) is 10.3. The maximum Gasteiger partial charge on any atom is 0.224 e. The highest BCUT2D eigenvalue weighted by molar-refractivity contribution is 6.00. The number of aromatic nitrogens is 6. The van der Waals surface area contributed by atoms with Gasteiger partial charge >= 0.3 is 0 Å².